The van der Waals surface area contributed by atoms with Gasteiger partial charge in [0.2, 0.25) is 5.22 Å². The fourth-order valence-corrected chi connectivity index (χ4v) is 1.70. The lowest BCUT2D eigenvalue weighted by Crippen LogP contribution is -2.11. The Morgan fingerprint density at radius 3 is 2.45 bits per heavy atom. The van der Waals surface area contributed by atoms with Crippen molar-refractivity contribution in [1.29, 1.82) is 0 Å². The smallest absolute Gasteiger partial charge is 0.328 e. The average molecular weight is 292 g/mol. The largest absolute Gasteiger partial charge is 0.478 e. The van der Waals surface area contributed by atoms with Gasteiger partial charge in [-0.1, -0.05) is 12.1 Å². The molecule has 2 N–H and O–H groups in total. The Morgan fingerprint density at radius 2 is 1.90 bits per heavy atom. The molecule has 1 aromatic carbocycles. The SMILES string of the molecule is O=C(O)/C=C/c1ccc(NC(=O)c2ccoc2Cl)cc1. The number of carboxylic acids is 1. The maximum atomic E-state index is 11.8. The molecule has 0 saturated carbocycles. The number of carbonyl (C=O) groups excluding carboxylic acids is 1. The second-order valence-electron chi connectivity index (χ2n) is 3.86. The first-order chi connectivity index (χ1) is 9.56. The van der Waals surface area contributed by atoms with Gasteiger partial charge >= 0.3 is 5.97 Å². The van der Waals surface area contributed by atoms with E-state index in [1.165, 1.54) is 18.4 Å². The molecule has 0 spiro atoms. The number of carboxylic acid groups (broad SMARTS) is 1. The van der Waals surface area contributed by atoms with E-state index in [1.807, 2.05) is 0 Å². The van der Waals surface area contributed by atoms with Crippen LogP contribution in [0.5, 0.6) is 0 Å². The molecule has 0 aliphatic rings. The van der Waals surface area contributed by atoms with Gasteiger partial charge in [0.15, 0.2) is 0 Å². The van der Waals surface area contributed by atoms with Crippen LogP contribution in [0.1, 0.15) is 15.9 Å². The zero-order valence-electron chi connectivity index (χ0n) is 10.2. The lowest BCUT2D eigenvalue weighted by molar-refractivity contribution is -0.131. The Labute approximate surface area is 119 Å². The van der Waals surface area contributed by atoms with Gasteiger partial charge in [-0.05, 0) is 41.4 Å². The number of halogens is 1. The van der Waals surface area contributed by atoms with Gasteiger partial charge in [-0.3, -0.25) is 4.79 Å². The second-order valence-corrected chi connectivity index (χ2v) is 4.20. The number of anilines is 1. The highest BCUT2D eigenvalue weighted by molar-refractivity contribution is 6.32. The number of nitrogens with one attached hydrogen (secondary N) is 1. The summed E-state index contributed by atoms with van der Waals surface area (Å²) in [4.78, 5) is 22.2. The number of hydrogen-bond donors (Lipinski definition) is 2. The fraction of sp³-hybridized carbons (Fsp3) is 0. The highest BCUT2D eigenvalue weighted by Crippen LogP contribution is 2.19. The van der Waals surface area contributed by atoms with Crippen LogP contribution in [0.15, 0.2) is 47.1 Å². The molecule has 2 rings (SSSR count). The van der Waals surface area contributed by atoms with Crippen LogP contribution in [0.4, 0.5) is 5.69 Å². The van der Waals surface area contributed by atoms with E-state index in [2.05, 4.69) is 5.32 Å². The first-order valence-corrected chi connectivity index (χ1v) is 5.99. The van der Waals surface area contributed by atoms with Crippen LogP contribution in [0.25, 0.3) is 6.08 Å². The molecule has 2 aromatic rings. The summed E-state index contributed by atoms with van der Waals surface area (Å²) >= 11 is 5.70. The Balaban J connectivity index is 2.06. The summed E-state index contributed by atoms with van der Waals surface area (Å²) in [5, 5.41) is 11.2. The molecule has 0 bridgehead atoms. The number of carbonyl (C=O) groups is 2. The quantitative estimate of drug-likeness (QED) is 0.847. The predicted molar refractivity (Wildman–Crippen MR) is 74.8 cm³/mol. The minimum atomic E-state index is -1.02. The van der Waals surface area contributed by atoms with Crippen molar-refractivity contribution in [3.63, 3.8) is 0 Å². The molecule has 0 unspecified atom stereocenters. The van der Waals surface area contributed by atoms with E-state index in [1.54, 1.807) is 24.3 Å². The second kappa shape index (κ2) is 6.08. The Bertz CT molecular complexity index is 658. The van der Waals surface area contributed by atoms with E-state index < -0.39 is 5.97 Å². The lowest BCUT2D eigenvalue weighted by Gasteiger charge is -2.04. The van der Waals surface area contributed by atoms with Crippen LogP contribution in [-0.4, -0.2) is 17.0 Å². The van der Waals surface area contributed by atoms with Crippen LogP contribution in [0.3, 0.4) is 0 Å². The molecule has 0 radical (unpaired) electrons. The molecule has 0 saturated heterocycles. The number of hydrogen-bond acceptors (Lipinski definition) is 3. The van der Waals surface area contributed by atoms with Crippen LogP contribution in [-0.2, 0) is 4.79 Å². The van der Waals surface area contributed by atoms with Gasteiger partial charge in [0.1, 0.15) is 0 Å². The molecular weight excluding hydrogens is 282 g/mol. The predicted octanol–water partition coefficient (Wildman–Crippen LogP) is 3.28. The van der Waals surface area contributed by atoms with E-state index in [0.29, 0.717) is 11.3 Å². The molecule has 1 amide bonds. The monoisotopic (exact) mass is 291 g/mol. The minimum Gasteiger partial charge on any atom is -0.478 e. The van der Waals surface area contributed by atoms with Crippen LogP contribution < -0.4 is 5.32 Å². The Morgan fingerprint density at radius 1 is 1.20 bits per heavy atom. The molecular formula is C14H10ClNO4. The summed E-state index contributed by atoms with van der Waals surface area (Å²) in [5.41, 5.74) is 1.54. The Hall–Kier alpha value is -2.53. The molecule has 0 aliphatic carbocycles. The number of benzene rings is 1. The third kappa shape index (κ3) is 3.49. The van der Waals surface area contributed by atoms with E-state index in [9.17, 15) is 9.59 Å². The molecule has 0 fully saturated rings. The summed E-state index contributed by atoms with van der Waals surface area (Å²) in [6.07, 6.45) is 3.83. The lowest BCUT2D eigenvalue weighted by atomic mass is 10.2. The third-order valence-electron chi connectivity index (χ3n) is 2.45. The molecule has 0 aliphatic heterocycles. The van der Waals surface area contributed by atoms with E-state index >= 15 is 0 Å². The van der Waals surface area contributed by atoms with Crippen molar-refractivity contribution in [1.82, 2.24) is 0 Å². The van der Waals surface area contributed by atoms with Gasteiger partial charge in [-0.2, -0.15) is 0 Å². The maximum Gasteiger partial charge on any atom is 0.328 e. The van der Waals surface area contributed by atoms with Gasteiger partial charge in [0.05, 0.1) is 11.8 Å². The van der Waals surface area contributed by atoms with Crippen molar-refractivity contribution in [3.8, 4) is 0 Å². The van der Waals surface area contributed by atoms with E-state index in [-0.39, 0.29) is 16.7 Å². The standard InChI is InChI=1S/C14H10ClNO4/c15-13-11(7-8-20-13)14(19)16-10-4-1-9(2-5-10)3-6-12(17)18/h1-8H,(H,16,19)(H,17,18)/b6-3+. The average Bonchev–Trinajstić information content (AvgIpc) is 2.84. The van der Waals surface area contributed by atoms with Crippen molar-refractivity contribution < 1.29 is 19.1 Å². The van der Waals surface area contributed by atoms with Gasteiger partial charge in [-0.15, -0.1) is 0 Å². The molecule has 20 heavy (non-hydrogen) atoms. The van der Waals surface area contributed by atoms with Crippen molar-refractivity contribution in [3.05, 3.63) is 59.0 Å². The molecule has 1 heterocycles. The number of aliphatic carboxylic acids is 1. The normalized spacial score (nSPS) is 10.7. The van der Waals surface area contributed by atoms with Gasteiger partial charge in [0, 0.05) is 11.8 Å². The zero-order valence-corrected chi connectivity index (χ0v) is 10.9. The summed E-state index contributed by atoms with van der Waals surface area (Å²) in [5.74, 6) is -1.39. The molecule has 0 atom stereocenters. The fourth-order valence-electron chi connectivity index (χ4n) is 1.50. The molecule has 6 heteroatoms. The summed E-state index contributed by atoms with van der Waals surface area (Å²) in [7, 11) is 0. The molecule has 5 nitrogen and oxygen atoms in total. The van der Waals surface area contributed by atoms with Gasteiger partial charge < -0.3 is 14.8 Å². The Kier molecular flexibility index (Phi) is 4.22. The zero-order chi connectivity index (χ0) is 14.5. The first-order valence-electron chi connectivity index (χ1n) is 5.61. The summed E-state index contributed by atoms with van der Waals surface area (Å²) in [6.45, 7) is 0. The van der Waals surface area contributed by atoms with Crippen LogP contribution >= 0.6 is 11.6 Å². The van der Waals surface area contributed by atoms with Crippen molar-refractivity contribution in [2.24, 2.45) is 0 Å². The number of rotatable bonds is 4. The van der Waals surface area contributed by atoms with Crippen LogP contribution in [0, 0.1) is 0 Å². The molecule has 1 aromatic heterocycles. The first kappa shape index (κ1) is 13.9. The van der Waals surface area contributed by atoms with E-state index in [0.717, 1.165) is 6.08 Å². The summed E-state index contributed by atoms with van der Waals surface area (Å²) in [6, 6.07) is 8.17. The van der Waals surface area contributed by atoms with Gasteiger partial charge in [-0.25, -0.2) is 4.79 Å². The van der Waals surface area contributed by atoms with Crippen LogP contribution in [0.2, 0.25) is 5.22 Å². The number of amides is 1. The topological polar surface area (TPSA) is 79.5 Å². The number of furan rings is 1. The third-order valence-corrected chi connectivity index (χ3v) is 2.74. The van der Waals surface area contributed by atoms with Crippen molar-refractivity contribution in [2.45, 2.75) is 0 Å². The summed E-state index contributed by atoms with van der Waals surface area (Å²) < 4.78 is 4.84. The van der Waals surface area contributed by atoms with Crippen molar-refractivity contribution >= 4 is 35.2 Å². The molecule has 102 valence electrons. The van der Waals surface area contributed by atoms with E-state index in [4.69, 9.17) is 21.1 Å². The highest BCUT2D eigenvalue weighted by atomic mass is 35.5. The van der Waals surface area contributed by atoms with Crippen molar-refractivity contribution in [2.75, 3.05) is 5.32 Å². The maximum absolute atomic E-state index is 11.8. The minimum absolute atomic E-state index is 0.0310. The van der Waals surface area contributed by atoms with Gasteiger partial charge in [0.25, 0.3) is 5.91 Å². The highest BCUT2D eigenvalue weighted by Gasteiger charge is 2.12.